The van der Waals surface area contributed by atoms with Gasteiger partial charge in [0, 0.05) is 23.9 Å². The molecule has 6 atom stereocenters. The van der Waals surface area contributed by atoms with Crippen LogP contribution in [0.15, 0.2) is 34.0 Å². The van der Waals surface area contributed by atoms with Gasteiger partial charge in [-0.3, -0.25) is 33.8 Å². The maximum Gasteiger partial charge on any atom is 0.490 e. The fourth-order valence-corrected chi connectivity index (χ4v) is 7.45. The highest BCUT2D eigenvalue weighted by Crippen LogP contribution is 2.66. The molecular weight excluding hydrogens is 733 g/mol. The SMILES string of the molecule is COc1cc(COC(=O)[C@@H]2[C@H](O)[C@@H](COP(=O)(O)OP(=O)(O)OP(=O)(O)O)O[C@@]2(C#CCN)n2ccc(=O)[nH]c2=O)cc([N+](=O)[O-])c1OC. The third-order valence-electron chi connectivity index (χ3n) is 6.20. The minimum Gasteiger partial charge on any atom is -0.493 e. The van der Waals surface area contributed by atoms with E-state index in [0.717, 1.165) is 25.4 Å². The molecule has 1 aliphatic rings. The molecule has 49 heavy (non-hydrogen) atoms. The fraction of sp³-hybridized carbons (Fsp3) is 0.409. The molecule has 0 radical (unpaired) electrons. The van der Waals surface area contributed by atoms with Crippen LogP contribution in [0.1, 0.15) is 5.56 Å². The summed E-state index contributed by atoms with van der Waals surface area (Å²) < 4.78 is 68.4. The number of benzene rings is 1. The second-order valence-electron chi connectivity index (χ2n) is 9.41. The first-order valence-corrected chi connectivity index (χ1v) is 17.4. The minimum atomic E-state index is -5.95. The molecule has 24 nitrogen and oxygen atoms in total. The van der Waals surface area contributed by atoms with Crippen molar-refractivity contribution >= 4 is 35.1 Å². The van der Waals surface area contributed by atoms with Crippen molar-refractivity contribution in [1.82, 2.24) is 9.55 Å². The minimum absolute atomic E-state index is 0.0323. The number of aromatic nitrogens is 2. The molecule has 270 valence electrons. The molecule has 0 amide bonds. The van der Waals surface area contributed by atoms with Crippen molar-refractivity contribution in [3.8, 4) is 23.3 Å². The number of methoxy groups -OCH3 is 2. The zero-order valence-corrected chi connectivity index (χ0v) is 27.5. The Bertz CT molecular complexity index is 1910. The molecule has 1 aliphatic heterocycles. The van der Waals surface area contributed by atoms with E-state index in [2.05, 4.69) is 25.0 Å². The van der Waals surface area contributed by atoms with Crippen molar-refractivity contribution in [2.75, 3.05) is 27.4 Å². The van der Waals surface area contributed by atoms with E-state index in [1.807, 2.05) is 4.98 Å². The zero-order valence-electron chi connectivity index (χ0n) is 24.8. The third kappa shape index (κ3) is 9.68. The number of nitro groups is 1. The summed E-state index contributed by atoms with van der Waals surface area (Å²) in [6.45, 7) is -2.50. The van der Waals surface area contributed by atoms with Crippen molar-refractivity contribution < 1.29 is 80.2 Å². The van der Waals surface area contributed by atoms with Crippen LogP contribution in [0.5, 0.6) is 11.5 Å². The van der Waals surface area contributed by atoms with E-state index in [1.54, 1.807) is 0 Å². The largest absolute Gasteiger partial charge is 0.493 e. The molecule has 2 aromatic rings. The Morgan fingerprint density at radius 3 is 2.37 bits per heavy atom. The van der Waals surface area contributed by atoms with Gasteiger partial charge in [-0.05, 0) is 12.0 Å². The van der Waals surface area contributed by atoms with Crippen molar-refractivity contribution in [3.63, 3.8) is 0 Å². The summed E-state index contributed by atoms with van der Waals surface area (Å²) in [5, 5.41) is 22.8. The van der Waals surface area contributed by atoms with E-state index in [0.29, 0.717) is 4.57 Å². The van der Waals surface area contributed by atoms with Gasteiger partial charge < -0.3 is 49.4 Å². The van der Waals surface area contributed by atoms with Crippen LogP contribution in [0.3, 0.4) is 0 Å². The normalized spacial score (nSPS) is 23.0. The predicted molar refractivity (Wildman–Crippen MR) is 156 cm³/mol. The van der Waals surface area contributed by atoms with Gasteiger partial charge in [0.2, 0.25) is 11.5 Å². The molecule has 1 aromatic heterocycles. The quantitative estimate of drug-likeness (QED) is 0.0380. The summed E-state index contributed by atoms with van der Waals surface area (Å²) >= 11 is 0. The Labute approximate surface area is 272 Å². The van der Waals surface area contributed by atoms with Crippen LogP contribution in [0.4, 0.5) is 5.69 Å². The monoisotopic (exact) mass is 760 g/mol. The number of aliphatic hydroxyl groups is 1. The van der Waals surface area contributed by atoms with Gasteiger partial charge in [0.25, 0.3) is 5.56 Å². The zero-order chi connectivity index (χ0) is 36.9. The van der Waals surface area contributed by atoms with Crippen molar-refractivity contribution in [2.24, 2.45) is 11.7 Å². The van der Waals surface area contributed by atoms with E-state index in [-0.39, 0.29) is 17.1 Å². The number of aliphatic hydroxyl groups excluding tert-OH is 1. The first-order chi connectivity index (χ1) is 22.7. The molecule has 0 saturated carbocycles. The van der Waals surface area contributed by atoms with E-state index in [4.69, 9.17) is 34.5 Å². The summed E-state index contributed by atoms with van der Waals surface area (Å²) in [5.41, 5.74) is 0.0634. The second kappa shape index (κ2) is 15.4. The van der Waals surface area contributed by atoms with Gasteiger partial charge in [0.15, 0.2) is 5.75 Å². The Hall–Kier alpha value is -3.78. The maximum absolute atomic E-state index is 13.7. The summed E-state index contributed by atoms with van der Waals surface area (Å²) in [4.78, 5) is 87.7. The number of ether oxygens (including phenoxy) is 4. The number of aromatic amines is 1. The molecule has 3 rings (SSSR count). The summed E-state index contributed by atoms with van der Waals surface area (Å²) in [5.74, 6) is 0.820. The number of carbonyl (C=O) groups excluding carboxylic acids is 1. The number of hydrogen-bond donors (Lipinski definition) is 7. The molecule has 0 aliphatic carbocycles. The van der Waals surface area contributed by atoms with Crippen LogP contribution in [-0.2, 0) is 53.4 Å². The van der Waals surface area contributed by atoms with E-state index in [9.17, 15) is 53.1 Å². The number of phosphoric ester groups is 1. The number of H-pyrrole nitrogens is 1. The molecule has 2 heterocycles. The third-order valence-corrected chi connectivity index (χ3v) is 10.00. The predicted octanol–water partition coefficient (Wildman–Crippen LogP) is -1.46. The number of esters is 1. The van der Waals surface area contributed by atoms with Crippen LogP contribution in [-0.4, -0.2) is 84.7 Å². The lowest BCUT2D eigenvalue weighted by Gasteiger charge is -2.30. The van der Waals surface area contributed by atoms with Crippen molar-refractivity contribution in [1.29, 1.82) is 0 Å². The van der Waals surface area contributed by atoms with Crippen molar-refractivity contribution in [2.45, 2.75) is 24.5 Å². The topological polar surface area (TPSA) is 358 Å². The molecule has 1 fully saturated rings. The van der Waals surface area contributed by atoms with Crippen LogP contribution >= 0.6 is 23.5 Å². The lowest BCUT2D eigenvalue weighted by molar-refractivity contribution is -0.385. The van der Waals surface area contributed by atoms with Gasteiger partial charge in [0.1, 0.15) is 24.7 Å². The first-order valence-electron chi connectivity index (χ1n) is 12.9. The highest BCUT2D eigenvalue weighted by molar-refractivity contribution is 7.66. The van der Waals surface area contributed by atoms with E-state index >= 15 is 0 Å². The average Bonchev–Trinajstić information content (AvgIpc) is 3.26. The number of carbonyl (C=O) groups is 1. The number of rotatable bonds is 14. The molecule has 1 saturated heterocycles. The molecule has 0 bridgehead atoms. The maximum atomic E-state index is 13.7. The Balaban J connectivity index is 2.04. The summed E-state index contributed by atoms with van der Waals surface area (Å²) in [6.07, 6.45) is -3.37. The molecule has 2 unspecified atom stereocenters. The van der Waals surface area contributed by atoms with Gasteiger partial charge in [-0.25, -0.2) is 18.5 Å². The molecular formula is C22H27N4O20P3. The first kappa shape index (κ1) is 39.7. The van der Waals surface area contributed by atoms with E-state index in [1.165, 1.54) is 13.2 Å². The van der Waals surface area contributed by atoms with Gasteiger partial charge in [-0.1, -0.05) is 5.92 Å². The van der Waals surface area contributed by atoms with Crippen LogP contribution in [0, 0.1) is 27.9 Å². The smallest absolute Gasteiger partial charge is 0.490 e. The standard InChI is InChI=1S/C22H27N4O20P3/c1-40-14-9-12(8-13(26(31)32)19(14)41-2)10-42-20(29)17-18(28)15(11-43-48(36,37)46-49(38,39)45-47(33,34)35)44-22(17,5-3-6-23)25-7-4-16(27)24-21(25)30/h4,7-9,15,17-18,28H,6,10-11,23H2,1-2H3,(H,36,37)(H,38,39)(H,24,27,30)(H2,33,34,35)/t15-,17+,18-,22-/m1/s1. The van der Waals surface area contributed by atoms with Gasteiger partial charge in [-0.15, -0.1) is 0 Å². The summed E-state index contributed by atoms with van der Waals surface area (Å²) in [6, 6.07) is 3.00. The number of nitrogens with one attached hydrogen (secondary N) is 1. The molecule has 27 heteroatoms. The van der Waals surface area contributed by atoms with Gasteiger partial charge in [-0.2, -0.15) is 8.62 Å². The Morgan fingerprint density at radius 2 is 1.82 bits per heavy atom. The highest BCUT2D eigenvalue weighted by Gasteiger charge is 2.61. The summed E-state index contributed by atoms with van der Waals surface area (Å²) in [7, 11) is -15.1. The molecule has 0 spiro atoms. The average molecular weight is 760 g/mol. The van der Waals surface area contributed by atoms with Crippen LogP contribution < -0.4 is 26.5 Å². The number of phosphoric acid groups is 3. The lowest BCUT2D eigenvalue weighted by atomic mass is 9.91. The second-order valence-corrected chi connectivity index (χ2v) is 13.8. The number of nitrogens with zero attached hydrogens (tertiary/aromatic N) is 2. The number of hydrogen-bond acceptors (Lipinski definition) is 17. The molecule has 1 aromatic carbocycles. The van der Waals surface area contributed by atoms with E-state index < -0.39 is 94.9 Å². The molecule has 8 N–H and O–H groups in total. The lowest BCUT2D eigenvalue weighted by Crippen LogP contribution is -2.51. The van der Waals surface area contributed by atoms with Crippen LogP contribution in [0.25, 0.3) is 0 Å². The van der Waals surface area contributed by atoms with Gasteiger partial charge >= 0.3 is 40.8 Å². The Kier molecular flexibility index (Phi) is 12.5. The Morgan fingerprint density at radius 1 is 1.14 bits per heavy atom. The fourth-order valence-electron chi connectivity index (χ4n) is 4.42. The number of nitro benzene ring substituents is 1. The number of nitrogens with two attached hydrogens (primary N) is 1. The highest BCUT2D eigenvalue weighted by atomic mass is 31.3. The van der Waals surface area contributed by atoms with Crippen LogP contribution in [0.2, 0.25) is 0 Å². The van der Waals surface area contributed by atoms with Gasteiger partial charge in [0.05, 0.1) is 32.3 Å². The van der Waals surface area contributed by atoms with Crippen molar-refractivity contribution in [3.05, 3.63) is 60.9 Å².